The largest absolute Gasteiger partial charge is 0.326 e. The predicted octanol–water partition coefficient (Wildman–Crippen LogP) is 2.68. The third kappa shape index (κ3) is 3.28. The Kier molecular flexibility index (Phi) is 4.12. The van der Waals surface area contributed by atoms with Crippen LogP contribution in [-0.2, 0) is 14.8 Å². The van der Waals surface area contributed by atoms with Crippen LogP contribution >= 0.6 is 11.3 Å². The van der Waals surface area contributed by atoms with E-state index in [9.17, 15) is 13.2 Å². The van der Waals surface area contributed by atoms with Gasteiger partial charge in [0.25, 0.3) is 10.0 Å². The van der Waals surface area contributed by atoms with Gasteiger partial charge >= 0.3 is 0 Å². The summed E-state index contributed by atoms with van der Waals surface area (Å²) in [5, 5.41) is 4.82. The molecule has 0 bridgehead atoms. The van der Waals surface area contributed by atoms with Crippen LogP contribution in [0.5, 0.6) is 0 Å². The standard InChI is InChI=1S/C14H15N3O3S2/c18-13(10-2-1-3-10)16-11-4-6-12(7-5-11)22(19,20)17-14-15-8-9-21-14/h4-10H,1-3H2,(H,15,17)(H,16,18). The first kappa shape index (κ1) is 15.0. The maximum absolute atomic E-state index is 12.2. The lowest BCUT2D eigenvalue weighted by molar-refractivity contribution is -0.122. The van der Waals surface area contributed by atoms with Crippen molar-refractivity contribution in [2.75, 3.05) is 10.0 Å². The first-order valence-corrected chi connectivity index (χ1v) is 9.24. The zero-order valence-corrected chi connectivity index (χ0v) is 13.3. The Bertz CT molecular complexity index is 751. The molecule has 2 aromatic rings. The van der Waals surface area contributed by atoms with Crippen LogP contribution in [0, 0.1) is 5.92 Å². The summed E-state index contributed by atoms with van der Waals surface area (Å²) in [5.41, 5.74) is 0.602. The van der Waals surface area contributed by atoms with Gasteiger partial charge in [-0.25, -0.2) is 13.4 Å². The molecule has 1 aliphatic rings. The van der Waals surface area contributed by atoms with Crippen molar-refractivity contribution in [2.24, 2.45) is 5.92 Å². The van der Waals surface area contributed by atoms with E-state index in [-0.39, 0.29) is 16.7 Å². The average Bonchev–Trinajstić information content (AvgIpc) is 2.89. The Hall–Kier alpha value is -1.93. The highest BCUT2D eigenvalue weighted by Crippen LogP contribution is 2.28. The molecule has 1 saturated carbocycles. The van der Waals surface area contributed by atoms with Crippen LogP contribution in [0.1, 0.15) is 19.3 Å². The van der Waals surface area contributed by atoms with E-state index in [2.05, 4.69) is 15.0 Å². The summed E-state index contributed by atoms with van der Waals surface area (Å²) in [5.74, 6) is 0.0951. The maximum atomic E-state index is 12.2. The Balaban J connectivity index is 1.69. The van der Waals surface area contributed by atoms with E-state index >= 15 is 0 Å². The third-order valence-electron chi connectivity index (χ3n) is 3.56. The quantitative estimate of drug-likeness (QED) is 0.878. The van der Waals surface area contributed by atoms with E-state index in [1.807, 2.05) is 0 Å². The summed E-state index contributed by atoms with van der Waals surface area (Å²) in [6.07, 6.45) is 4.48. The molecular weight excluding hydrogens is 322 g/mol. The van der Waals surface area contributed by atoms with Gasteiger partial charge in [0.2, 0.25) is 5.91 Å². The summed E-state index contributed by atoms with van der Waals surface area (Å²) in [6, 6.07) is 6.11. The summed E-state index contributed by atoms with van der Waals surface area (Å²) in [4.78, 5) is 15.9. The van der Waals surface area contributed by atoms with E-state index in [1.165, 1.54) is 29.7 Å². The minimum atomic E-state index is -3.65. The van der Waals surface area contributed by atoms with Crippen molar-refractivity contribution in [3.05, 3.63) is 35.8 Å². The van der Waals surface area contributed by atoms with Gasteiger partial charge in [0.05, 0.1) is 4.90 Å². The predicted molar refractivity (Wildman–Crippen MR) is 85.3 cm³/mol. The van der Waals surface area contributed by atoms with Gasteiger partial charge in [0.15, 0.2) is 5.13 Å². The van der Waals surface area contributed by atoms with Gasteiger partial charge in [-0.2, -0.15) is 0 Å². The fourth-order valence-electron chi connectivity index (χ4n) is 2.08. The van der Waals surface area contributed by atoms with E-state index in [1.54, 1.807) is 17.5 Å². The Labute approximate surface area is 132 Å². The van der Waals surface area contributed by atoms with Crippen LogP contribution in [0.15, 0.2) is 40.7 Å². The molecular formula is C14H15N3O3S2. The summed E-state index contributed by atoms with van der Waals surface area (Å²) in [6.45, 7) is 0. The number of nitrogens with one attached hydrogen (secondary N) is 2. The van der Waals surface area contributed by atoms with Crippen molar-refractivity contribution >= 4 is 38.1 Å². The lowest BCUT2D eigenvalue weighted by Gasteiger charge is -2.24. The Morgan fingerprint density at radius 2 is 1.95 bits per heavy atom. The highest BCUT2D eigenvalue weighted by molar-refractivity contribution is 7.93. The monoisotopic (exact) mass is 337 g/mol. The number of hydrogen-bond acceptors (Lipinski definition) is 5. The van der Waals surface area contributed by atoms with Gasteiger partial charge in [-0.1, -0.05) is 6.42 Å². The van der Waals surface area contributed by atoms with Crippen LogP contribution < -0.4 is 10.0 Å². The van der Waals surface area contributed by atoms with E-state index < -0.39 is 10.0 Å². The minimum Gasteiger partial charge on any atom is -0.326 e. The SMILES string of the molecule is O=C(Nc1ccc(S(=O)(=O)Nc2nccs2)cc1)C1CCC1. The van der Waals surface area contributed by atoms with Crippen LogP contribution in [0.3, 0.4) is 0 Å². The van der Waals surface area contributed by atoms with Crippen LogP contribution in [0.2, 0.25) is 0 Å². The van der Waals surface area contributed by atoms with Crippen molar-refractivity contribution < 1.29 is 13.2 Å². The number of amides is 1. The highest BCUT2D eigenvalue weighted by atomic mass is 32.2. The number of hydrogen-bond donors (Lipinski definition) is 2. The van der Waals surface area contributed by atoms with Gasteiger partial charge in [0, 0.05) is 23.2 Å². The smallest absolute Gasteiger partial charge is 0.263 e. The van der Waals surface area contributed by atoms with Gasteiger partial charge in [-0.15, -0.1) is 11.3 Å². The van der Waals surface area contributed by atoms with Crippen molar-refractivity contribution in [3.63, 3.8) is 0 Å². The third-order valence-corrected chi connectivity index (χ3v) is 5.73. The molecule has 0 radical (unpaired) electrons. The van der Waals surface area contributed by atoms with Crippen molar-refractivity contribution in [3.8, 4) is 0 Å². The maximum Gasteiger partial charge on any atom is 0.263 e. The number of rotatable bonds is 5. The number of carbonyl (C=O) groups excluding carboxylic acids is 1. The minimum absolute atomic E-state index is 0.00256. The number of aromatic nitrogens is 1. The molecule has 3 rings (SSSR count). The van der Waals surface area contributed by atoms with Gasteiger partial charge < -0.3 is 5.32 Å². The molecule has 1 aromatic heterocycles. The molecule has 116 valence electrons. The molecule has 0 saturated heterocycles. The fraction of sp³-hybridized carbons (Fsp3) is 0.286. The van der Waals surface area contributed by atoms with E-state index in [4.69, 9.17) is 0 Å². The second-order valence-corrected chi connectivity index (χ2v) is 7.66. The molecule has 1 amide bonds. The number of nitrogens with zero attached hydrogens (tertiary/aromatic N) is 1. The van der Waals surface area contributed by atoms with Gasteiger partial charge in [-0.05, 0) is 37.1 Å². The number of thiazole rings is 1. The molecule has 1 fully saturated rings. The lowest BCUT2D eigenvalue weighted by Crippen LogP contribution is -2.28. The van der Waals surface area contributed by atoms with E-state index in [0.717, 1.165) is 19.3 Å². The summed E-state index contributed by atoms with van der Waals surface area (Å²) < 4.78 is 26.7. The zero-order chi connectivity index (χ0) is 15.6. The zero-order valence-electron chi connectivity index (χ0n) is 11.7. The number of sulfonamides is 1. The molecule has 0 unspecified atom stereocenters. The normalized spacial score (nSPS) is 15.1. The van der Waals surface area contributed by atoms with E-state index in [0.29, 0.717) is 10.8 Å². The first-order valence-electron chi connectivity index (χ1n) is 6.88. The molecule has 1 aliphatic carbocycles. The molecule has 0 spiro atoms. The van der Waals surface area contributed by atoms with Crippen LogP contribution in [-0.4, -0.2) is 19.3 Å². The molecule has 2 N–H and O–H groups in total. The molecule has 0 aliphatic heterocycles. The Morgan fingerprint density at radius 1 is 1.23 bits per heavy atom. The second kappa shape index (κ2) is 6.05. The second-order valence-electron chi connectivity index (χ2n) is 5.08. The number of carbonyl (C=O) groups is 1. The number of benzene rings is 1. The van der Waals surface area contributed by atoms with Gasteiger partial charge in [0.1, 0.15) is 0 Å². The molecule has 8 heteroatoms. The average molecular weight is 337 g/mol. The summed E-state index contributed by atoms with van der Waals surface area (Å²) >= 11 is 1.21. The fourth-order valence-corrected chi connectivity index (χ4v) is 3.87. The lowest BCUT2D eigenvalue weighted by atomic mass is 9.85. The molecule has 0 atom stereocenters. The van der Waals surface area contributed by atoms with Crippen LogP contribution in [0.25, 0.3) is 0 Å². The number of anilines is 2. The Morgan fingerprint density at radius 3 is 2.50 bits per heavy atom. The van der Waals surface area contributed by atoms with Crippen molar-refractivity contribution in [2.45, 2.75) is 24.2 Å². The molecule has 1 aromatic carbocycles. The van der Waals surface area contributed by atoms with Crippen molar-refractivity contribution in [1.29, 1.82) is 0 Å². The van der Waals surface area contributed by atoms with Crippen molar-refractivity contribution in [1.82, 2.24) is 4.98 Å². The topological polar surface area (TPSA) is 88.2 Å². The van der Waals surface area contributed by atoms with Gasteiger partial charge in [-0.3, -0.25) is 9.52 Å². The summed E-state index contributed by atoms with van der Waals surface area (Å²) in [7, 11) is -3.65. The molecule has 6 nitrogen and oxygen atoms in total. The van der Waals surface area contributed by atoms with Crippen LogP contribution in [0.4, 0.5) is 10.8 Å². The first-order chi connectivity index (χ1) is 10.5. The molecule has 22 heavy (non-hydrogen) atoms. The highest BCUT2D eigenvalue weighted by Gasteiger charge is 2.25. The molecule has 1 heterocycles.